The number of anilines is 3. The Morgan fingerprint density at radius 2 is 1.77 bits per heavy atom. The van der Waals surface area contributed by atoms with E-state index in [1.165, 1.54) is 37.1 Å². The molecule has 14 heteroatoms. The summed E-state index contributed by atoms with van der Waals surface area (Å²) in [5.41, 5.74) is 2.89. The summed E-state index contributed by atoms with van der Waals surface area (Å²) in [6, 6.07) is 6.52. The van der Waals surface area contributed by atoms with Gasteiger partial charge in [0.05, 0.1) is 30.4 Å². The second-order valence-corrected chi connectivity index (χ2v) is 13.8. The molecule has 0 spiro atoms. The van der Waals surface area contributed by atoms with Crippen molar-refractivity contribution in [1.82, 2.24) is 19.7 Å². The molecule has 52 heavy (non-hydrogen) atoms. The fraction of sp³-hybridized carbons (Fsp3) is 0.632. The Morgan fingerprint density at radius 3 is 2.46 bits per heavy atom. The van der Waals surface area contributed by atoms with Crippen molar-refractivity contribution in [2.45, 2.75) is 116 Å². The number of aromatic nitrogens is 3. The smallest absolute Gasteiger partial charge is 0.383 e. The van der Waals surface area contributed by atoms with E-state index in [4.69, 9.17) is 14.5 Å². The Kier molecular flexibility index (Phi) is 14.3. The Balaban J connectivity index is 1.23. The van der Waals surface area contributed by atoms with Crippen molar-refractivity contribution < 1.29 is 32.2 Å². The predicted octanol–water partition coefficient (Wildman–Crippen LogP) is 7.09. The van der Waals surface area contributed by atoms with Crippen LogP contribution in [0.3, 0.4) is 0 Å². The lowest BCUT2D eigenvalue weighted by Gasteiger charge is -2.29. The van der Waals surface area contributed by atoms with Gasteiger partial charge in [0.2, 0.25) is 5.91 Å². The predicted molar refractivity (Wildman–Crippen MR) is 197 cm³/mol. The molecular weight excluding hydrogens is 675 g/mol. The average Bonchev–Trinajstić information content (AvgIpc) is 3.77. The van der Waals surface area contributed by atoms with Crippen molar-refractivity contribution in [1.29, 1.82) is 0 Å². The molecule has 2 aliphatic heterocycles. The van der Waals surface area contributed by atoms with Crippen LogP contribution < -0.4 is 15.5 Å². The maximum atomic E-state index is 14.1. The number of hydrogen-bond acceptors (Lipinski definition) is 8. The number of nitrogens with zero attached hydrogens (tertiary/aromatic N) is 5. The van der Waals surface area contributed by atoms with Crippen LogP contribution in [0, 0.1) is 0 Å². The molecule has 2 saturated heterocycles. The van der Waals surface area contributed by atoms with E-state index in [1.54, 1.807) is 18.0 Å². The third kappa shape index (κ3) is 10.2. The van der Waals surface area contributed by atoms with Gasteiger partial charge in [0.25, 0.3) is 0 Å². The monoisotopic (exact) mass is 729 g/mol. The molecule has 2 N–H and O–H groups in total. The summed E-state index contributed by atoms with van der Waals surface area (Å²) in [5, 5.41) is 11.6. The average molecular weight is 730 g/mol. The number of unbranched alkanes of at least 4 members (excludes halogenated alkanes) is 4. The molecule has 1 aromatic carbocycles. The molecule has 0 aliphatic carbocycles. The molecule has 0 bridgehead atoms. The molecule has 2 fully saturated rings. The minimum absolute atomic E-state index is 0.0385. The molecule has 1 atom stereocenters. The number of alkyl halides is 3. The number of benzene rings is 1. The lowest BCUT2D eigenvalue weighted by atomic mass is 10.0. The maximum absolute atomic E-state index is 14.1. The molecule has 0 unspecified atom stereocenters. The summed E-state index contributed by atoms with van der Waals surface area (Å²) in [5.74, 6) is -2.14. The number of likely N-dealkylation sites (tertiary alicyclic amines) is 1. The van der Waals surface area contributed by atoms with Gasteiger partial charge in [-0.15, -0.1) is 0 Å². The number of nitrogens with one attached hydrogen (secondary N) is 2. The van der Waals surface area contributed by atoms with Gasteiger partial charge in [0.15, 0.2) is 5.65 Å². The van der Waals surface area contributed by atoms with Gasteiger partial charge in [-0.1, -0.05) is 26.2 Å². The molecule has 286 valence electrons. The van der Waals surface area contributed by atoms with E-state index >= 15 is 0 Å². The van der Waals surface area contributed by atoms with Gasteiger partial charge in [0.1, 0.15) is 0 Å². The molecule has 3 aromatic rings. The van der Waals surface area contributed by atoms with E-state index in [0.717, 1.165) is 69.5 Å². The first-order valence-corrected chi connectivity index (χ1v) is 18.9. The van der Waals surface area contributed by atoms with Crippen LogP contribution in [-0.2, 0) is 38.6 Å². The Labute approximate surface area is 304 Å². The van der Waals surface area contributed by atoms with Crippen LogP contribution in [0.4, 0.5) is 30.2 Å². The van der Waals surface area contributed by atoms with Gasteiger partial charge in [-0.25, -0.2) is 9.67 Å². The number of halogens is 3. The summed E-state index contributed by atoms with van der Waals surface area (Å²) >= 11 is 0. The number of aryl methyl sites for hydroxylation is 2. The fourth-order valence-corrected chi connectivity index (χ4v) is 7.32. The Bertz CT molecular complexity index is 1610. The molecule has 0 radical (unpaired) electrons. The first-order chi connectivity index (χ1) is 25.1. The highest BCUT2D eigenvalue weighted by Crippen LogP contribution is 2.35. The zero-order valence-electron chi connectivity index (χ0n) is 30.8. The Morgan fingerprint density at radius 1 is 1.04 bits per heavy atom. The number of ether oxygens (including phenoxy) is 2. The number of amides is 2. The normalized spacial score (nSPS) is 17.2. The summed E-state index contributed by atoms with van der Waals surface area (Å²) in [4.78, 5) is 33.8. The number of rotatable bonds is 18. The van der Waals surface area contributed by atoms with Crippen molar-refractivity contribution in [2.75, 3.05) is 55.6 Å². The van der Waals surface area contributed by atoms with Crippen LogP contribution in [0.1, 0.15) is 89.3 Å². The first kappa shape index (κ1) is 39.5. The van der Waals surface area contributed by atoms with E-state index in [1.807, 2.05) is 13.8 Å². The van der Waals surface area contributed by atoms with Crippen molar-refractivity contribution in [3.05, 3.63) is 41.7 Å². The molecule has 2 aliphatic rings. The van der Waals surface area contributed by atoms with E-state index < -0.39 is 12.1 Å². The molecule has 0 saturated carbocycles. The number of pyridine rings is 1. The van der Waals surface area contributed by atoms with E-state index in [2.05, 4.69) is 20.6 Å². The summed E-state index contributed by atoms with van der Waals surface area (Å²) in [6.07, 6.45) is 6.28. The summed E-state index contributed by atoms with van der Waals surface area (Å²) in [6.45, 7) is 8.23. The minimum atomic E-state index is -5.11. The zero-order valence-corrected chi connectivity index (χ0v) is 30.8. The number of hydrogen-bond donors (Lipinski definition) is 2. The van der Waals surface area contributed by atoms with Crippen LogP contribution >= 0.6 is 0 Å². The van der Waals surface area contributed by atoms with Crippen LogP contribution in [0.15, 0.2) is 30.5 Å². The van der Waals surface area contributed by atoms with Gasteiger partial charge in [-0.2, -0.15) is 18.3 Å². The Hall–Kier alpha value is -3.75. The zero-order chi connectivity index (χ0) is 37.1. The van der Waals surface area contributed by atoms with Gasteiger partial charge in [0, 0.05) is 68.0 Å². The molecule has 2 amide bonds. The second kappa shape index (κ2) is 18.8. The van der Waals surface area contributed by atoms with Crippen molar-refractivity contribution in [2.24, 2.45) is 0 Å². The first-order valence-electron chi connectivity index (χ1n) is 18.9. The number of fused-ring (bicyclic) bond motifs is 1. The lowest BCUT2D eigenvalue weighted by Crippen LogP contribution is -2.41. The molecule has 11 nitrogen and oxygen atoms in total. The molecule has 5 rings (SSSR count). The van der Waals surface area contributed by atoms with Crippen LogP contribution in [0.25, 0.3) is 11.0 Å². The third-order valence-electron chi connectivity index (χ3n) is 10.2. The fourth-order valence-electron chi connectivity index (χ4n) is 7.32. The number of carbonyl (C=O) groups excluding carboxylic acids is 2. The highest BCUT2D eigenvalue weighted by molar-refractivity contribution is 5.99. The van der Waals surface area contributed by atoms with Crippen LogP contribution in [0.2, 0.25) is 0 Å². The van der Waals surface area contributed by atoms with Crippen LogP contribution in [0.5, 0.6) is 0 Å². The standard InChI is InChI=1S/C38H54F3N7O4/c1-4-33-32(35(44-28-18-22-52-23-19-28)31-24-42-48(5-2)36(31)45-33)25-47(37(50)38(39,40)41)29-16-14-27(15-17-29)43-34(49)13-9-7-6-8-10-20-46-21-11-12-30(46)26-51-3/h14-17,24,28,30H,4-13,18-23,25-26H2,1-3H3,(H,43,49)(H,44,45)/t30-/m0/s1. The van der Waals surface area contributed by atoms with Crippen molar-refractivity contribution >= 4 is 39.9 Å². The lowest BCUT2D eigenvalue weighted by molar-refractivity contribution is -0.170. The van der Waals surface area contributed by atoms with Gasteiger partial charge in [-0.05, 0) is 89.2 Å². The number of methoxy groups -OCH3 is 1. The second-order valence-electron chi connectivity index (χ2n) is 13.8. The summed E-state index contributed by atoms with van der Waals surface area (Å²) < 4.78 is 55.0. The topological polar surface area (TPSA) is 114 Å². The molecule has 4 heterocycles. The quantitative estimate of drug-likeness (QED) is 0.134. The molecule has 2 aromatic heterocycles. The largest absolute Gasteiger partial charge is 0.471 e. The van der Waals surface area contributed by atoms with E-state index in [9.17, 15) is 22.8 Å². The third-order valence-corrected chi connectivity index (χ3v) is 10.2. The highest BCUT2D eigenvalue weighted by atomic mass is 19.4. The van der Waals surface area contributed by atoms with E-state index in [-0.39, 0.29) is 24.2 Å². The van der Waals surface area contributed by atoms with Gasteiger partial charge in [-0.3, -0.25) is 14.5 Å². The van der Waals surface area contributed by atoms with Crippen molar-refractivity contribution in [3.8, 4) is 0 Å². The van der Waals surface area contributed by atoms with Gasteiger partial charge >= 0.3 is 12.1 Å². The van der Waals surface area contributed by atoms with Crippen LogP contribution in [-0.4, -0.2) is 89.8 Å². The summed E-state index contributed by atoms with van der Waals surface area (Å²) in [7, 11) is 1.76. The van der Waals surface area contributed by atoms with Crippen molar-refractivity contribution in [3.63, 3.8) is 0 Å². The van der Waals surface area contributed by atoms with E-state index in [0.29, 0.717) is 72.3 Å². The number of carbonyl (C=O) groups is 2. The van der Waals surface area contributed by atoms with Gasteiger partial charge < -0.3 is 25.0 Å². The SMILES string of the molecule is CCc1nc2c(cnn2CC)c(NC2CCOCC2)c1CN(C(=O)C(F)(F)F)c1ccc(NC(=O)CCCCCCCN2CCC[C@H]2COC)cc1. The maximum Gasteiger partial charge on any atom is 0.471 e. The highest BCUT2D eigenvalue weighted by Gasteiger charge is 2.43. The molecular formula is C38H54F3N7O4. The minimum Gasteiger partial charge on any atom is -0.383 e.